The number of piperazine rings is 1. The minimum atomic E-state index is 0.203. The number of rotatable bonds is 4. The molecule has 2 fully saturated rings. The molecule has 3 rings (SSSR count). The minimum absolute atomic E-state index is 0.203. The van der Waals surface area contributed by atoms with E-state index in [1.54, 1.807) is 11.3 Å². The molecule has 0 bridgehead atoms. The van der Waals surface area contributed by atoms with E-state index in [2.05, 4.69) is 12.2 Å². The summed E-state index contributed by atoms with van der Waals surface area (Å²) in [6, 6.07) is 0. The van der Waals surface area contributed by atoms with E-state index in [4.69, 9.17) is 4.98 Å². The van der Waals surface area contributed by atoms with Gasteiger partial charge in [-0.1, -0.05) is 13.3 Å². The Morgan fingerprint density at radius 2 is 2.16 bits per heavy atom. The normalized spacial score (nSPS) is 19.7. The molecule has 0 unspecified atom stereocenters. The van der Waals surface area contributed by atoms with Gasteiger partial charge < -0.3 is 10.2 Å². The van der Waals surface area contributed by atoms with Crippen LogP contribution in [0.4, 0.5) is 0 Å². The highest BCUT2D eigenvalue weighted by atomic mass is 32.1. The van der Waals surface area contributed by atoms with Gasteiger partial charge >= 0.3 is 0 Å². The van der Waals surface area contributed by atoms with E-state index in [0.717, 1.165) is 49.6 Å². The zero-order valence-corrected chi connectivity index (χ0v) is 12.3. The first-order valence-electron chi connectivity index (χ1n) is 7.29. The van der Waals surface area contributed by atoms with Crippen molar-refractivity contribution in [2.24, 2.45) is 0 Å². The van der Waals surface area contributed by atoms with Crippen molar-refractivity contribution in [2.45, 2.75) is 38.5 Å². The molecule has 1 N–H and O–H groups in total. The smallest absolute Gasteiger partial charge is 0.265 e. The number of hydrogen-bond acceptors (Lipinski definition) is 4. The summed E-state index contributed by atoms with van der Waals surface area (Å²) in [6.07, 6.45) is 4.48. The first-order chi connectivity index (χ1) is 9.29. The fourth-order valence-electron chi connectivity index (χ4n) is 2.46. The average molecular weight is 279 g/mol. The summed E-state index contributed by atoms with van der Waals surface area (Å²) in [5.74, 6) is 0.847. The van der Waals surface area contributed by atoms with Crippen molar-refractivity contribution < 1.29 is 4.79 Å². The topological polar surface area (TPSA) is 45.2 Å². The van der Waals surface area contributed by atoms with Crippen molar-refractivity contribution in [2.75, 3.05) is 26.2 Å². The maximum Gasteiger partial charge on any atom is 0.265 e. The van der Waals surface area contributed by atoms with Crippen LogP contribution in [0.15, 0.2) is 0 Å². The predicted octanol–water partition coefficient (Wildman–Crippen LogP) is 2.02. The fraction of sp³-hybridized carbons (Fsp3) is 0.714. The lowest BCUT2D eigenvalue weighted by atomic mass is 10.2. The van der Waals surface area contributed by atoms with E-state index >= 15 is 0 Å². The lowest BCUT2D eigenvalue weighted by molar-refractivity contribution is 0.0739. The molecule has 104 valence electrons. The van der Waals surface area contributed by atoms with Gasteiger partial charge in [0.1, 0.15) is 4.88 Å². The third-order valence-corrected chi connectivity index (χ3v) is 4.97. The number of hydrogen-bond donors (Lipinski definition) is 1. The van der Waals surface area contributed by atoms with Crippen molar-refractivity contribution in [1.29, 1.82) is 0 Å². The van der Waals surface area contributed by atoms with Gasteiger partial charge in [0.2, 0.25) is 0 Å². The van der Waals surface area contributed by atoms with Crippen LogP contribution in [-0.4, -0.2) is 42.0 Å². The molecule has 19 heavy (non-hydrogen) atoms. The highest BCUT2D eigenvalue weighted by molar-refractivity contribution is 7.14. The molecule has 4 nitrogen and oxygen atoms in total. The van der Waals surface area contributed by atoms with E-state index in [9.17, 15) is 4.79 Å². The average Bonchev–Trinajstić information content (AvgIpc) is 3.21. The van der Waals surface area contributed by atoms with Gasteiger partial charge in [0.15, 0.2) is 0 Å². The third kappa shape index (κ3) is 2.82. The number of aromatic nitrogens is 1. The van der Waals surface area contributed by atoms with Crippen molar-refractivity contribution in [3.05, 3.63) is 15.6 Å². The summed E-state index contributed by atoms with van der Waals surface area (Å²) >= 11 is 1.65. The highest BCUT2D eigenvalue weighted by Crippen LogP contribution is 2.43. The van der Waals surface area contributed by atoms with E-state index in [1.165, 1.54) is 17.8 Å². The van der Waals surface area contributed by atoms with Crippen LogP contribution in [0.1, 0.15) is 52.5 Å². The first-order valence-corrected chi connectivity index (χ1v) is 8.11. The number of nitrogens with zero attached hydrogens (tertiary/aromatic N) is 2. The Bertz CT molecular complexity index is 461. The highest BCUT2D eigenvalue weighted by Gasteiger charge is 2.31. The summed E-state index contributed by atoms with van der Waals surface area (Å²) in [5.41, 5.74) is 1.04. The Morgan fingerprint density at radius 1 is 1.42 bits per heavy atom. The largest absolute Gasteiger partial charge is 0.335 e. The minimum Gasteiger partial charge on any atom is -0.335 e. The van der Waals surface area contributed by atoms with Gasteiger partial charge in [-0.05, 0) is 19.3 Å². The second-order valence-corrected chi connectivity index (χ2v) is 6.43. The Hall–Kier alpha value is -0.940. The van der Waals surface area contributed by atoms with Gasteiger partial charge in [0.25, 0.3) is 5.91 Å². The van der Waals surface area contributed by atoms with Crippen LogP contribution >= 0.6 is 11.3 Å². The SMILES string of the molecule is CCCc1nc(C2CC2)sc1C(=O)N1CCNCC1. The monoisotopic (exact) mass is 279 g/mol. The molecule has 1 aliphatic heterocycles. The van der Waals surface area contributed by atoms with Crippen molar-refractivity contribution in [3.8, 4) is 0 Å². The zero-order chi connectivity index (χ0) is 13.2. The first kappa shape index (κ1) is 13.1. The summed E-state index contributed by atoms with van der Waals surface area (Å²) in [5, 5.41) is 4.48. The summed E-state index contributed by atoms with van der Waals surface area (Å²) in [6.45, 7) is 5.60. The van der Waals surface area contributed by atoms with Crippen LogP contribution in [0.5, 0.6) is 0 Å². The molecule has 2 aliphatic rings. The molecule has 2 heterocycles. The lowest BCUT2D eigenvalue weighted by Crippen LogP contribution is -2.46. The third-order valence-electron chi connectivity index (χ3n) is 3.73. The van der Waals surface area contributed by atoms with Gasteiger partial charge in [-0.15, -0.1) is 11.3 Å². The molecule has 0 aromatic carbocycles. The molecule has 1 aromatic heterocycles. The summed E-state index contributed by atoms with van der Waals surface area (Å²) < 4.78 is 0. The van der Waals surface area contributed by atoms with Crippen LogP contribution in [-0.2, 0) is 6.42 Å². The van der Waals surface area contributed by atoms with Crippen molar-refractivity contribution >= 4 is 17.2 Å². The Balaban J connectivity index is 1.82. The van der Waals surface area contributed by atoms with Crippen LogP contribution in [0.2, 0.25) is 0 Å². The Morgan fingerprint density at radius 3 is 2.79 bits per heavy atom. The second-order valence-electron chi connectivity index (χ2n) is 5.39. The molecule has 1 amide bonds. The van der Waals surface area contributed by atoms with E-state index in [1.807, 2.05) is 4.90 Å². The molecule has 5 heteroatoms. The van der Waals surface area contributed by atoms with Crippen LogP contribution < -0.4 is 5.32 Å². The fourth-order valence-corrected chi connectivity index (χ4v) is 3.71. The van der Waals surface area contributed by atoms with Gasteiger partial charge in [0.05, 0.1) is 10.7 Å². The molecule has 1 aromatic rings. The zero-order valence-electron chi connectivity index (χ0n) is 11.4. The quantitative estimate of drug-likeness (QED) is 0.917. The van der Waals surface area contributed by atoms with Crippen LogP contribution in [0.25, 0.3) is 0 Å². The van der Waals surface area contributed by atoms with E-state index in [0.29, 0.717) is 5.92 Å². The molecule has 0 radical (unpaired) electrons. The Kier molecular flexibility index (Phi) is 3.84. The summed E-state index contributed by atoms with van der Waals surface area (Å²) in [4.78, 5) is 20.2. The molecular weight excluding hydrogens is 258 g/mol. The number of aryl methyl sites for hydroxylation is 1. The molecular formula is C14H21N3OS. The van der Waals surface area contributed by atoms with Gasteiger partial charge in [0, 0.05) is 32.1 Å². The molecule has 0 spiro atoms. The van der Waals surface area contributed by atoms with Gasteiger partial charge in [-0.2, -0.15) is 0 Å². The Labute approximate surface area is 118 Å². The maximum atomic E-state index is 12.6. The van der Waals surface area contributed by atoms with Gasteiger partial charge in [-0.3, -0.25) is 4.79 Å². The van der Waals surface area contributed by atoms with Crippen molar-refractivity contribution in [3.63, 3.8) is 0 Å². The molecule has 1 saturated heterocycles. The maximum absolute atomic E-state index is 12.6. The number of nitrogens with one attached hydrogen (secondary N) is 1. The van der Waals surface area contributed by atoms with Crippen LogP contribution in [0.3, 0.4) is 0 Å². The number of carbonyl (C=O) groups excluding carboxylic acids is 1. The summed E-state index contributed by atoms with van der Waals surface area (Å²) in [7, 11) is 0. The van der Waals surface area contributed by atoms with Crippen molar-refractivity contribution in [1.82, 2.24) is 15.2 Å². The van der Waals surface area contributed by atoms with E-state index < -0.39 is 0 Å². The number of thiazole rings is 1. The number of amides is 1. The standard InChI is InChI=1S/C14H21N3OS/c1-2-3-11-12(19-13(16-11)10-4-5-10)14(18)17-8-6-15-7-9-17/h10,15H,2-9H2,1H3. The second kappa shape index (κ2) is 5.59. The number of carbonyl (C=O) groups is 1. The molecule has 1 aliphatic carbocycles. The van der Waals surface area contributed by atoms with Gasteiger partial charge in [-0.25, -0.2) is 4.98 Å². The lowest BCUT2D eigenvalue weighted by Gasteiger charge is -2.27. The predicted molar refractivity (Wildman–Crippen MR) is 76.9 cm³/mol. The van der Waals surface area contributed by atoms with E-state index in [-0.39, 0.29) is 5.91 Å². The molecule has 1 saturated carbocycles. The molecule has 0 atom stereocenters. The van der Waals surface area contributed by atoms with Crippen LogP contribution in [0, 0.1) is 0 Å².